The lowest BCUT2D eigenvalue weighted by Gasteiger charge is -2.07. The highest BCUT2D eigenvalue weighted by Crippen LogP contribution is 2.23. The zero-order valence-electron chi connectivity index (χ0n) is 20.9. The number of amides is 2. The lowest BCUT2D eigenvalue weighted by Crippen LogP contribution is -2.34. The maximum absolute atomic E-state index is 13.4. The summed E-state index contributed by atoms with van der Waals surface area (Å²) in [6, 6.07) is 22.2. The Bertz CT molecular complexity index is 1380. The Morgan fingerprint density at radius 3 is 2.47 bits per heavy atom. The van der Waals surface area contributed by atoms with Crippen LogP contribution in [0, 0.1) is 5.82 Å². The zero-order chi connectivity index (χ0) is 26.7. The van der Waals surface area contributed by atoms with Gasteiger partial charge >= 0.3 is 0 Å². The number of rotatable bonds is 11. The number of carbonyl (C=O) groups is 2. The van der Waals surface area contributed by atoms with Gasteiger partial charge in [0.05, 0.1) is 25.1 Å². The highest BCUT2D eigenvalue weighted by Gasteiger charge is 2.12. The van der Waals surface area contributed by atoms with Crippen molar-refractivity contribution in [3.63, 3.8) is 0 Å². The van der Waals surface area contributed by atoms with Crippen molar-refractivity contribution in [3.8, 4) is 22.7 Å². The number of hydrazone groups is 1. The summed E-state index contributed by atoms with van der Waals surface area (Å²) in [6.07, 6.45) is 5.23. The molecule has 2 amide bonds. The van der Waals surface area contributed by atoms with Gasteiger partial charge in [0.1, 0.15) is 17.3 Å². The number of aromatic nitrogens is 2. The lowest BCUT2D eigenvalue weighted by molar-refractivity contribution is -0.120. The van der Waals surface area contributed by atoms with E-state index in [1.807, 2.05) is 30.3 Å². The number of hydrogen-bond acceptors (Lipinski definition) is 5. The third-order valence-corrected chi connectivity index (χ3v) is 5.57. The van der Waals surface area contributed by atoms with Crippen LogP contribution in [-0.2, 0) is 4.79 Å². The quantitative estimate of drug-likeness (QED) is 0.172. The molecule has 8 nitrogen and oxygen atoms in total. The maximum atomic E-state index is 13.4. The van der Waals surface area contributed by atoms with Gasteiger partial charge in [-0.05, 0) is 67.1 Å². The molecule has 9 heteroatoms. The second kappa shape index (κ2) is 13.0. The van der Waals surface area contributed by atoms with Crippen LogP contribution in [0.4, 0.5) is 4.39 Å². The molecule has 0 radical (unpaired) electrons. The number of para-hydroxylation sites is 1. The molecule has 0 aliphatic rings. The Balaban J connectivity index is 1.36. The van der Waals surface area contributed by atoms with Gasteiger partial charge in [-0.3, -0.25) is 9.59 Å². The fourth-order valence-electron chi connectivity index (χ4n) is 3.54. The van der Waals surface area contributed by atoms with E-state index in [4.69, 9.17) is 4.74 Å². The van der Waals surface area contributed by atoms with Crippen molar-refractivity contribution in [2.45, 2.75) is 19.8 Å². The van der Waals surface area contributed by atoms with Gasteiger partial charge in [0.25, 0.3) is 11.8 Å². The van der Waals surface area contributed by atoms with Crippen LogP contribution in [0.25, 0.3) is 16.9 Å². The van der Waals surface area contributed by atoms with E-state index in [-0.39, 0.29) is 18.3 Å². The van der Waals surface area contributed by atoms with Crippen molar-refractivity contribution < 1.29 is 18.7 Å². The van der Waals surface area contributed by atoms with Gasteiger partial charge in [-0.15, -0.1) is 0 Å². The first-order chi connectivity index (χ1) is 18.5. The van der Waals surface area contributed by atoms with Crippen molar-refractivity contribution >= 4 is 18.0 Å². The van der Waals surface area contributed by atoms with Crippen LogP contribution in [0.2, 0.25) is 0 Å². The largest absolute Gasteiger partial charge is 0.494 e. The number of halogens is 1. The Kier molecular flexibility index (Phi) is 8.96. The zero-order valence-corrected chi connectivity index (χ0v) is 20.9. The number of nitrogens with zero attached hydrogens (tertiary/aromatic N) is 3. The molecule has 1 aromatic heterocycles. The van der Waals surface area contributed by atoms with Crippen molar-refractivity contribution in [3.05, 3.63) is 102 Å². The number of nitrogens with one attached hydrogen (secondary N) is 2. The van der Waals surface area contributed by atoms with E-state index in [0.29, 0.717) is 34.7 Å². The monoisotopic (exact) mass is 513 g/mol. The molecule has 0 atom stereocenters. The molecule has 0 fully saturated rings. The van der Waals surface area contributed by atoms with Crippen LogP contribution in [-0.4, -0.2) is 41.0 Å². The minimum absolute atomic E-state index is 0.251. The minimum atomic E-state index is -0.493. The van der Waals surface area contributed by atoms with Crippen molar-refractivity contribution in [2.75, 3.05) is 13.2 Å². The molecule has 3 aromatic carbocycles. The fourth-order valence-corrected chi connectivity index (χ4v) is 3.54. The summed E-state index contributed by atoms with van der Waals surface area (Å²) < 4.78 is 20.7. The van der Waals surface area contributed by atoms with Crippen molar-refractivity contribution in [2.24, 2.45) is 5.10 Å². The van der Waals surface area contributed by atoms with E-state index >= 15 is 0 Å². The van der Waals surface area contributed by atoms with Crippen LogP contribution in [0.15, 0.2) is 90.2 Å². The molecule has 0 spiro atoms. The Morgan fingerprint density at radius 1 is 1.03 bits per heavy atom. The number of unbranched alkanes of at least 4 members (excludes halogenated alkanes) is 1. The Hall–Kier alpha value is -4.79. The molecule has 38 heavy (non-hydrogen) atoms. The van der Waals surface area contributed by atoms with Crippen molar-refractivity contribution in [1.82, 2.24) is 20.5 Å². The second-order valence-electron chi connectivity index (χ2n) is 8.42. The van der Waals surface area contributed by atoms with Crippen LogP contribution in [0.1, 0.15) is 35.7 Å². The van der Waals surface area contributed by atoms with Crippen LogP contribution in [0.3, 0.4) is 0 Å². The molecule has 4 rings (SSSR count). The average molecular weight is 514 g/mol. The second-order valence-corrected chi connectivity index (χ2v) is 8.42. The first-order valence-corrected chi connectivity index (χ1v) is 12.3. The van der Waals surface area contributed by atoms with Crippen molar-refractivity contribution in [1.29, 1.82) is 0 Å². The Morgan fingerprint density at radius 2 is 1.76 bits per heavy atom. The molecule has 2 N–H and O–H groups in total. The van der Waals surface area contributed by atoms with E-state index in [0.717, 1.165) is 18.5 Å². The summed E-state index contributed by atoms with van der Waals surface area (Å²) in [4.78, 5) is 24.6. The minimum Gasteiger partial charge on any atom is -0.494 e. The summed E-state index contributed by atoms with van der Waals surface area (Å²) in [5, 5.41) is 11.2. The van der Waals surface area contributed by atoms with Gasteiger partial charge in [0, 0.05) is 22.9 Å². The lowest BCUT2D eigenvalue weighted by atomic mass is 10.1. The highest BCUT2D eigenvalue weighted by atomic mass is 19.1. The van der Waals surface area contributed by atoms with E-state index in [2.05, 4.69) is 27.9 Å². The Labute approximate surface area is 220 Å². The molecule has 194 valence electrons. The SMILES string of the molecule is CCCCOc1ccc(C(=O)NCC(=O)N/N=C\c2cn(-c3ccccc3)nc2-c2ccc(F)cc2)cc1. The maximum Gasteiger partial charge on any atom is 0.259 e. The molecule has 4 aromatic rings. The van der Waals surface area contributed by atoms with Gasteiger partial charge in [-0.1, -0.05) is 31.5 Å². The number of ether oxygens (including phenoxy) is 1. The standard InChI is InChI=1S/C29H28FN5O3/c1-2-3-17-38-26-15-11-22(12-16-26)29(37)31-19-27(36)33-32-18-23-20-35(25-7-5-4-6-8-25)34-28(23)21-9-13-24(30)14-10-21/h4-16,18,20H,2-3,17,19H2,1H3,(H,31,37)(H,33,36)/b32-18-. The van der Waals surface area contributed by atoms with Gasteiger partial charge in [-0.2, -0.15) is 10.2 Å². The van der Waals surface area contributed by atoms with E-state index in [1.54, 1.807) is 47.3 Å². The first kappa shape index (κ1) is 26.3. The molecule has 0 unspecified atom stereocenters. The molecule has 0 aliphatic heterocycles. The number of hydrogen-bond donors (Lipinski definition) is 2. The number of benzene rings is 3. The van der Waals surface area contributed by atoms with Gasteiger partial charge in [-0.25, -0.2) is 14.5 Å². The molecule has 1 heterocycles. The van der Waals surface area contributed by atoms with E-state index in [1.165, 1.54) is 18.3 Å². The normalized spacial score (nSPS) is 10.9. The molecule has 0 aliphatic carbocycles. The topological polar surface area (TPSA) is 97.6 Å². The molecule has 0 saturated heterocycles. The van der Waals surface area contributed by atoms with E-state index in [9.17, 15) is 14.0 Å². The summed E-state index contributed by atoms with van der Waals surface area (Å²) >= 11 is 0. The van der Waals surface area contributed by atoms with E-state index < -0.39 is 5.91 Å². The predicted molar refractivity (Wildman–Crippen MR) is 144 cm³/mol. The third-order valence-electron chi connectivity index (χ3n) is 5.57. The summed E-state index contributed by atoms with van der Waals surface area (Å²) in [5.41, 5.74) is 5.55. The first-order valence-electron chi connectivity index (χ1n) is 12.3. The summed E-state index contributed by atoms with van der Waals surface area (Å²) in [5.74, 6) is -0.533. The van der Waals surface area contributed by atoms with Gasteiger partial charge < -0.3 is 10.1 Å². The summed E-state index contributed by atoms with van der Waals surface area (Å²) in [6.45, 7) is 2.46. The van der Waals surface area contributed by atoms with Gasteiger partial charge in [0.2, 0.25) is 0 Å². The highest BCUT2D eigenvalue weighted by molar-refractivity contribution is 5.96. The van der Waals surface area contributed by atoms with Gasteiger partial charge in [0.15, 0.2) is 0 Å². The third kappa shape index (κ3) is 7.13. The fraction of sp³-hybridized carbons (Fsp3) is 0.172. The predicted octanol–water partition coefficient (Wildman–Crippen LogP) is 4.74. The smallest absolute Gasteiger partial charge is 0.259 e. The van der Waals surface area contributed by atoms with Crippen LogP contribution < -0.4 is 15.5 Å². The average Bonchev–Trinajstić information content (AvgIpc) is 3.37. The van der Waals surface area contributed by atoms with Crippen LogP contribution in [0.5, 0.6) is 5.75 Å². The summed E-state index contributed by atoms with van der Waals surface area (Å²) in [7, 11) is 0. The molecular formula is C29H28FN5O3. The molecule has 0 bridgehead atoms. The number of carbonyl (C=O) groups excluding carboxylic acids is 2. The molecule has 0 saturated carbocycles. The molecular weight excluding hydrogens is 485 g/mol. The van der Waals surface area contributed by atoms with Crippen LogP contribution >= 0.6 is 0 Å².